The van der Waals surface area contributed by atoms with Gasteiger partial charge in [0, 0.05) is 60.2 Å². The van der Waals surface area contributed by atoms with E-state index in [0.717, 1.165) is 47.0 Å². The molecule has 6 rings (SSSR count). The first kappa shape index (κ1) is 34.8. The van der Waals surface area contributed by atoms with Gasteiger partial charge in [0.15, 0.2) is 11.4 Å². The highest BCUT2D eigenvalue weighted by Crippen LogP contribution is 2.31. The molecule has 0 bridgehead atoms. The molecule has 0 fully saturated rings. The summed E-state index contributed by atoms with van der Waals surface area (Å²) in [5.74, 6) is 0. The highest BCUT2D eigenvalue weighted by Gasteiger charge is 2.31. The van der Waals surface area contributed by atoms with Crippen molar-refractivity contribution in [3.63, 3.8) is 0 Å². The Labute approximate surface area is 298 Å². The fraction of sp³-hybridized carbons (Fsp3) is 0.273. The molecule has 0 saturated carbocycles. The molecule has 2 aliphatic carbocycles. The third-order valence-corrected chi connectivity index (χ3v) is 9.07. The van der Waals surface area contributed by atoms with Gasteiger partial charge in [-0.05, 0) is 113 Å². The number of unbranched alkanes of at least 4 members (excludes halogenated alkanes) is 1. The monoisotopic (exact) mass is 666 g/mol. The SMILES string of the molecule is Cc1ccc(NC2=CCC(Nc3ccc(C)cc3)(OCCCCOC3(Nc4ccc(C)cc4)C=CC(Nc4ccc(C)cc4)=CC3)C=C2)cc1. The molecule has 2 atom stereocenters. The molecule has 0 spiro atoms. The van der Waals surface area contributed by atoms with E-state index in [1.165, 1.54) is 22.3 Å². The van der Waals surface area contributed by atoms with E-state index in [1.54, 1.807) is 0 Å². The number of nitrogens with one attached hydrogen (secondary N) is 4. The van der Waals surface area contributed by atoms with Gasteiger partial charge in [0.2, 0.25) is 0 Å². The largest absolute Gasteiger partial charge is 0.356 e. The van der Waals surface area contributed by atoms with Crippen LogP contribution >= 0.6 is 0 Å². The van der Waals surface area contributed by atoms with E-state index in [0.29, 0.717) is 26.1 Å². The summed E-state index contributed by atoms with van der Waals surface area (Å²) in [6, 6.07) is 33.8. The second-order valence-electron chi connectivity index (χ2n) is 13.5. The van der Waals surface area contributed by atoms with Crippen LogP contribution in [0.25, 0.3) is 0 Å². The van der Waals surface area contributed by atoms with Crippen LogP contribution < -0.4 is 21.3 Å². The standard InChI is InChI=1S/C44H50N4O2/c1-33-7-15-37(16-8-33)45-39-23-27-43(28-24-39,47-41-19-11-35(3)12-20-41)49-31-5-6-32-50-44(48-42-21-13-36(4)14-22-42)29-25-40(26-30-44)46-38-17-9-34(2)10-18-38/h7-27,29,45-48H,5-6,28,30-32H2,1-4H3. The summed E-state index contributed by atoms with van der Waals surface area (Å²) in [5.41, 5.74) is 10.00. The van der Waals surface area contributed by atoms with Crippen molar-refractivity contribution in [3.05, 3.63) is 167 Å². The molecule has 4 aromatic rings. The van der Waals surface area contributed by atoms with E-state index >= 15 is 0 Å². The number of hydrogen-bond acceptors (Lipinski definition) is 6. The van der Waals surface area contributed by atoms with E-state index in [4.69, 9.17) is 9.47 Å². The van der Waals surface area contributed by atoms with Crippen LogP contribution in [-0.4, -0.2) is 24.7 Å². The summed E-state index contributed by atoms with van der Waals surface area (Å²) < 4.78 is 13.3. The summed E-state index contributed by atoms with van der Waals surface area (Å²) in [7, 11) is 0. The molecule has 258 valence electrons. The zero-order valence-electron chi connectivity index (χ0n) is 29.8. The second-order valence-corrected chi connectivity index (χ2v) is 13.5. The third-order valence-electron chi connectivity index (χ3n) is 9.07. The van der Waals surface area contributed by atoms with E-state index in [-0.39, 0.29) is 0 Å². The van der Waals surface area contributed by atoms with Gasteiger partial charge >= 0.3 is 0 Å². The number of rotatable bonds is 15. The Kier molecular flexibility index (Phi) is 11.2. The third kappa shape index (κ3) is 9.78. The summed E-state index contributed by atoms with van der Waals surface area (Å²) in [6.07, 6.45) is 16.0. The molecule has 2 aliphatic rings. The lowest BCUT2D eigenvalue weighted by atomic mass is 10.0. The minimum Gasteiger partial charge on any atom is -0.356 e. The van der Waals surface area contributed by atoms with E-state index in [9.17, 15) is 0 Å². The van der Waals surface area contributed by atoms with Gasteiger partial charge in [-0.3, -0.25) is 0 Å². The molecule has 6 heteroatoms. The van der Waals surface area contributed by atoms with Crippen molar-refractivity contribution in [1.82, 2.24) is 0 Å². The lowest BCUT2D eigenvalue weighted by Gasteiger charge is -2.35. The van der Waals surface area contributed by atoms with Crippen molar-refractivity contribution < 1.29 is 9.47 Å². The Hall–Kier alpha value is -5.04. The van der Waals surface area contributed by atoms with Crippen molar-refractivity contribution in [1.29, 1.82) is 0 Å². The Morgan fingerprint density at radius 2 is 0.780 bits per heavy atom. The number of allylic oxidation sites excluding steroid dienone is 2. The summed E-state index contributed by atoms with van der Waals surface area (Å²) in [5, 5.41) is 14.4. The Bertz CT molecular complexity index is 1690. The summed E-state index contributed by atoms with van der Waals surface area (Å²) in [4.78, 5) is 0. The highest BCUT2D eigenvalue weighted by atomic mass is 16.5. The summed E-state index contributed by atoms with van der Waals surface area (Å²) in [6.45, 7) is 9.60. The average molecular weight is 667 g/mol. The van der Waals surface area contributed by atoms with Crippen LogP contribution in [0.2, 0.25) is 0 Å². The van der Waals surface area contributed by atoms with E-state index < -0.39 is 11.4 Å². The minimum atomic E-state index is -0.638. The molecule has 0 heterocycles. The maximum absolute atomic E-state index is 6.65. The normalized spacial score (nSPS) is 19.8. The Morgan fingerprint density at radius 3 is 1.08 bits per heavy atom. The van der Waals surface area contributed by atoms with Crippen molar-refractivity contribution in [2.24, 2.45) is 0 Å². The zero-order valence-corrected chi connectivity index (χ0v) is 29.8. The van der Waals surface area contributed by atoms with Gasteiger partial charge in [-0.15, -0.1) is 0 Å². The van der Waals surface area contributed by atoms with E-state index in [1.807, 2.05) is 0 Å². The van der Waals surface area contributed by atoms with Gasteiger partial charge in [-0.25, -0.2) is 0 Å². The number of aryl methyl sites for hydroxylation is 4. The smallest absolute Gasteiger partial charge is 0.161 e. The van der Waals surface area contributed by atoms with Gasteiger partial charge in [0.25, 0.3) is 0 Å². The molecule has 6 nitrogen and oxygen atoms in total. The first-order valence-electron chi connectivity index (χ1n) is 17.7. The molecule has 0 amide bonds. The molecule has 2 unspecified atom stereocenters. The van der Waals surface area contributed by atoms with Crippen LogP contribution in [-0.2, 0) is 9.47 Å². The number of anilines is 4. The van der Waals surface area contributed by atoms with Crippen LogP contribution in [0, 0.1) is 27.7 Å². The van der Waals surface area contributed by atoms with Crippen LogP contribution in [0.15, 0.2) is 145 Å². The minimum absolute atomic E-state index is 0.597. The van der Waals surface area contributed by atoms with Gasteiger partial charge in [-0.2, -0.15) is 0 Å². The molecule has 0 aliphatic heterocycles. The topological polar surface area (TPSA) is 66.6 Å². The van der Waals surface area contributed by atoms with Gasteiger partial charge in [-0.1, -0.05) is 82.9 Å². The van der Waals surface area contributed by atoms with Gasteiger partial charge in [0.1, 0.15) is 0 Å². The van der Waals surface area contributed by atoms with Crippen molar-refractivity contribution >= 4 is 22.7 Å². The van der Waals surface area contributed by atoms with Crippen LogP contribution in [0.5, 0.6) is 0 Å². The van der Waals surface area contributed by atoms with Crippen molar-refractivity contribution in [2.75, 3.05) is 34.5 Å². The molecule has 0 saturated heterocycles. The van der Waals surface area contributed by atoms with E-state index in [2.05, 4.69) is 182 Å². The molecular formula is C44H50N4O2. The van der Waals surface area contributed by atoms with Gasteiger partial charge < -0.3 is 30.7 Å². The first-order valence-corrected chi connectivity index (χ1v) is 17.7. The molecule has 4 N–H and O–H groups in total. The number of ether oxygens (including phenoxy) is 2. The molecule has 50 heavy (non-hydrogen) atoms. The predicted octanol–water partition coefficient (Wildman–Crippen LogP) is 10.6. The van der Waals surface area contributed by atoms with Crippen molar-refractivity contribution in [2.45, 2.75) is 64.8 Å². The maximum Gasteiger partial charge on any atom is 0.161 e. The van der Waals surface area contributed by atoms with Gasteiger partial charge in [0.05, 0.1) is 0 Å². The molecule has 4 aromatic carbocycles. The summed E-state index contributed by atoms with van der Waals surface area (Å²) >= 11 is 0. The Morgan fingerprint density at radius 1 is 0.460 bits per heavy atom. The molecule has 0 radical (unpaired) electrons. The zero-order chi connectivity index (χ0) is 34.8. The Balaban J connectivity index is 1.05. The molecule has 0 aromatic heterocycles. The lowest BCUT2D eigenvalue weighted by molar-refractivity contribution is -0.00748. The first-order chi connectivity index (χ1) is 24.3. The number of hydrogen-bond donors (Lipinski definition) is 4. The molecular weight excluding hydrogens is 617 g/mol. The van der Waals surface area contributed by atoms with Crippen molar-refractivity contribution in [3.8, 4) is 0 Å². The highest BCUT2D eigenvalue weighted by molar-refractivity contribution is 5.56. The van der Waals surface area contributed by atoms with Crippen LogP contribution in [0.4, 0.5) is 22.7 Å². The maximum atomic E-state index is 6.65. The lowest BCUT2D eigenvalue weighted by Crippen LogP contribution is -2.41. The van der Waals surface area contributed by atoms with Crippen LogP contribution in [0.1, 0.15) is 47.9 Å². The quantitative estimate of drug-likeness (QED) is 0.0748. The number of benzene rings is 4. The fourth-order valence-corrected chi connectivity index (χ4v) is 5.98. The second kappa shape index (κ2) is 16.1. The average Bonchev–Trinajstić information content (AvgIpc) is 3.12. The fourth-order valence-electron chi connectivity index (χ4n) is 5.98. The van der Waals surface area contributed by atoms with Crippen LogP contribution in [0.3, 0.4) is 0 Å². The predicted molar refractivity (Wildman–Crippen MR) is 209 cm³/mol.